The molecule has 0 saturated carbocycles. The summed E-state index contributed by atoms with van der Waals surface area (Å²) in [4.78, 5) is 5.05. The van der Waals surface area contributed by atoms with Crippen LogP contribution in [-0.2, 0) is 8.85 Å². The molecule has 0 unspecified atom stereocenters. The maximum Gasteiger partial charge on any atom is 0.367 e. The summed E-state index contributed by atoms with van der Waals surface area (Å²) in [5.74, 6) is 0. The first-order valence-corrected chi connectivity index (χ1v) is 10.6. The van der Waals surface area contributed by atoms with Gasteiger partial charge >= 0.3 is 8.56 Å². The lowest BCUT2D eigenvalue weighted by Crippen LogP contribution is -2.63. The van der Waals surface area contributed by atoms with Crippen molar-refractivity contribution in [3.63, 3.8) is 0 Å². The fourth-order valence-corrected chi connectivity index (χ4v) is 6.82. The predicted molar refractivity (Wildman–Crippen MR) is 87.6 cm³/mol. The van der Waals surface area contributed by atoms with Crippen LogP contribution in [0.25, 0.3) is 0 Å². The highest BCUT2D eigenvalue weighted by molar-refractivity contribution is 6.67. The second-order valence-electron chi connectivity index (χ2n) is 5.83. The third-order valence-electron chi connectivity index (χ3n) is 4.16. The first kappa shape index (κ1) is 17.3. The molecular formula is C14H32N4O2Si. The molecule has 21 heavy (non-hydrogen) atoms. The molecular weight excluding hydrogens is 284 g/mol. The largest absolute Gasteiger partial charge is 0.393 e. The van der Waals surface area contributed by atoms with Gasteiger partial charge in [-0.1, -0.05) is 0 Å². The molecule has 0 spiro atoms. The summed E-state index contributed by atoms with van der Waals surface area (Å²) in [5, 5.41) is 6.84. The van der Waals surface area contributed by atoms with Crippen molar-refractivity contribution in [1.82, 2.24) is 20.4 Å². The van der Waals surface area contributed by atoms with E-state index in [0.717, 1.165) is 77.9 Å². The summed E-state index contributed by atoms with van der Waals surface area (Å²) in [5.41, 5.74) is 0. The molecule has 0 radical (unpaired) electrons. The first-order valence-electron chi connectivity index (χ1n) is 8.42. The fourth-order valence-electron chi connectivity index (χ4n) is 3.22. The van der Waals surface area contributed by atoms with E-state index in [1.807, 2.05) is 0 Å². The summed E-state index contributed by atoms with van der Waals surface area (Å²) in [6, 6.07) is 0. The van der Waals surface area contributed by atoms with Crippen LogP contribution in [0.1, 0.15) is 13.8 Å². The van der Waals surface area contributed by atoms with Crippen molar-refractivity contribution in [2.75, 3.05) is 77.9 Å². The Bertz CT molecular complexity index is 256. The molecule has 2 aliphatic heterocycles. The standard InChI is InChI=1S/C14H32N4O2Si/c1-3-19-21(20-4-2,13-17-9-5-15-6-10-17)14-18-11-7-16-8-12-18/h15-16H,3-14H2,1-2H3. The van der Waals surface area contributed by atoms with Gasteiger partial charge in [0.15, 0.2) is 0 Å². The molecule has 0 aliphatic carbocycles. The van der Waals surface area contributed by atoms with Crippen LogP contribution < -0.4 is 10.6 Å². The van der Waals surface area contributed by atoms with E-state index in [-0.39, 0.29) is 0 Å². The number of rotatable bonds is 8. The Labute approximate surface area is 130 Å². The Morgan fingerprint density at radius 3 is 1.48 bits per heavy atom. The van der Waals surface area contributed by atoms with Gasteiger partial charge in [-0.05, 0) is 13.8 Å². The molecule has 2 aliphatic rings. The molecule has 124 valence electrons. The lowest BCUT2D eigenvalue weighted by atomic mass is 10.4. The van der Waals surface area contributed by atoms with Gasteiger partial charge < -0.3 is 19.5 Å². The second kappa shape index (κ2) is 9.19. The quantitative estimate of drug-likeness (QED) is 0.583. The van der Waals surface area contributed by atoms with Gasteiger partial charge in [0.2, 0.25) is 0 Å². The maximum absolute atomic E-state index is 6.27. The van der Waals surface area contributed by atoms with Crippen molar-refractivity contribution in [3.05, 3.63) is 0 Å². The predicted octanol–water partition coefficient (Wildman–Crippen LogP) is -0.610. The van der Waals surface area contributed by atoms with Crippen molar-refractivity contribution in [2.45, 2.75) is 13.8 Å². The minimum absolute atomic E-state index is 0.754. The molecule has 7 heteroatoms. The Morgan fingerprint density at radius 1 is 0.762 bits per heavy atom. The minimum Gasteiger partial charge on any atom is -0.393 e. The van der Waals surface area contributed by atoms with Crippen LogP contribution in [0.3, 0.4) is 0 Å². The lowest BCUT2D eigenvalue weighted by molar-refractivity contribution is 0.131. The van der Waals surface area contributed by atoms with Crippen molar-refractivity contribution in [3.8, 4) is 0 Å². The number of nitrogens with one attached hydrogen (secondary N) is 2. The van der Waals surface area contributed by atoms with E-state index < -0.39 is 8.56 Å². The molecule has 0 amide bonds. The summed E-state index contributed by atoms with van der Waals surface area (Å²) < 4.78 is 12.5. The van der Waals surface area contributed by atoms with E-state index in [4.69, 9.17) is 8.85 Å². The van der Waals surface area contributed by atoms with Crippen LogP contribution in [0.15, 0.2) is 0 Å². The Kier molecular flexibility index (Phi) is 7.59. The molecule has 2 saturated heterocycles. The SMILES string of the molecule is CCO[Si](CN1CCNCC1)(CN1CCNCC1)OCC. The second-order valence-corrected chi connectivity index (χ2v) is 8.86. The average molecular weight is 317 g/mol. The lowest BCUT2D eigenvalue weighted by Gasteiger charge is -2.40. The van der Waals surface area contributed by atoms with E-state index in [1.54, 1.807) is 0 Å². The van der Waals surface area contributed by atoms with Crippen LogP contribution in [-0.4, -0.2) is 96.3 Å². The third kappa shape index (κ3) is 5.59. The summed E-state index contributed by atoms with van der Waals surface area (Å²) in [6.45, 7) is 14.4. The van der Waals surface area contributed by atoms with E-state index >= 15 is 0 Å². The summed E-state index contributed by atoms with van der Waals surface area (Å²) in [6.07, 6.45) is 2.00. The summed E-state index contributed by atoms with van der Waals surface area (Å²) in [7, 11) is -2.17. The number of nitrogens with zero attached hydrogens (tertiary/aromatic N) is 2. The van der Waals surface area contributed by atoms with Crippen LogP contribution in [0.4, 0.5) is 0 Å². The molecule has 6 nitrogen and oxygen atoms in total. The van der Waals surface area contributed by atoms with Gasteiger partial charge in [-0.2, -0.15) is 0 Å². The normalized spacial score (nSPS) is 22.6. The molecule has 0 atom stereocenters. The average Bonchev–Trinajstić information content (AvgIpc) is 2.50. The van der Waals surface area contributed by atoms with Gasteiger partial charge in [0.05, 0.1) is 0 Å². The molecule has 0 bridgehead atoms. The maximum atomic E-state index is 6.27. The first-order chi connectivity index (χ1) is 10.3. The van der Waals surface area contributed by atoms with E-state index in [1.165, 1.54) is 0 Å². The van der Waals surface area contributed by atoms with Gasteiger partial charge in [-0.15, -0.1) is 0 Å². The smallest absolute Gasteiger partial charge is 0.367 e. The van der Waals surface area contributed by atoms with Crippen LogP contribution in [0.2, 0.25) is 0 Å². The van der Waals surface area contributed by atoms with Gasteiger partial charge in [-0.3, -0.25) is 9.80 Å². The molecule has 0 aromatic carbocycles. The van der Waals surface area contributed by atoms with Gasteiger partial charge in [-0.25, -0.2) is 0 Å². The Hall–Kier alpha value is -0.0231. The van der Waals surface area contributed by atoms with Crippen LogP contribution in [0, 0.1) is 0 Å². The molecule has 2 heterocycles. The minimum atomic E-state index is -2.17. The molecule has 2 N–H and O–H groups in total. The van der Waals surface area contributed by atoms with Gasteiger partial charge in [0.25, 0.3) is 0 Å². The Balaban J connectivity index is 1.98. The topological polar surface area (TPSA) is 49.0 Å². The fraction of sp³-hybridized carbons (Fsp3) is 1.00. The van der Waals surface area contributed by atoms with Gasteiger partial charge in [0, 0.05) is 77.9 Å². The van der Waals surface area contributed by atoms with Gasteiger partial charge in [0.1, 0.15) is 0 Å². The Morgan fingerprint density at radius 2 is 1.14 bits per heavy atom. The monoisotopic (exact) mass is 316 g/mol. The third-order valence-corrected chi connectivity index (χ3v) is 7.65. The van der Waals surface area contributed by atoms with Crippen molar-refractivity contribution in [2.24, 2.45) is 0 Å². The van der Waals surface area contributed by atoms with Crippen molar-refractivity contribution < 1.29 is 8.85 Å². The van der Waals surface area contributed by atoms with Crippen LogP contribution >= 0.6 is 0 Å². The highest BCUT2D eigenvalue weighted by atomic mass is 28.4. The van der Waals surface area contributed by atoms with Crippen LogP contribution in [0.5, 0.6) is 0 Å². The zero-order chi connectivity index (χ0) is 15.0. The number of piperazine rings is 2. The van der Waals surface area contributed by atoms with Crippen molar-refractivity contribution >= 4 is 8.56 Å². The highest BCUT2D eigenvalue weighted by Gasteiger charge is 2.41. The van der Waals surface area contributed by atoms with Crippen molar-refractivity contribution in [1.29, 1.82) is 0 Å². The van der Waals surface area contributed by atoms with E-state index in [9.17, 15) is 0 Å². The highest BCUT2D eigenvalue weighted by Crippen LogP contribution is 2.14. The number of hydrogen-bond donors (Lipinski definition) is 2. The number of hydrogen-bond acceptors (Lipinski definition) is 6. The molecule has 0 aromatic rings. The van der Waals surface area contributed by atoms with E-state index in [0.29, 0.717) is 0 Å². The van der Waals surface area contributed by atoms with E-state index in [2.05, 4.69) is 34.3 Å². The molecule has 2 fully saturated rings. The summed E-state index contributed by atoms with van der Waals surface area (Å²) >= 11 is 0. The molecule has 0 aromatic heterocycles. The zero-order valence-electron chi connectivity index (χ0n) is 13.7. The zero-order valence-corrected chi connectivity index (χ0v) is 14.7. The molecule has 2 rings (SSSR count).